The van der Waals surface area contributed by atoms with Gasteiger partial charge < -0.3 is 19.0 Å². The number of ether oxygens (including phenoxy) is 1. The van der Waals surface area contributed by atoms with E-state index >= 15 is 0 Å². The molecule has 224 valence electrons. The molecule has 0 spiro atoms. The summed E-state index contributed by atoms with van der Waals surface area (Å²) in [5, 5.41) is 4.02. The zero-order valence-electron chi connectivity index (χ0n) is 23.5. The number of aromatic nitrogens is 2. The first kappa shape index (κ1) is 29.7. The summed E-state index contributed by atoms with van der Waals surface area (Å²) in [6, 6.07) is 13.6. The van der Waals surface area contributed by atoms with Crippen LogP contribution in [0.4, 0.5) is 23.2 Å². The van der Waals surface area contributed by atoms with Crippen molar-refractivity contribution in [1.29, 1.82) is 0 Å². The van der Waals surface area contributed by atoms with E-state index in [1.54, 1.807) is 28.8 Å². The fourth-order valence-corrected chi connectivity index (χ4v) is 4.72. The van der Waals surface area contributed by atoms with E-state index in [1.165, 1.54) is 36.3 Å². The molecular weight excluding hydrogens is 570 g/mol. The van der Waals surface area contributed by atoms with E-state index in [0.29, 0.717) is 41.2 Å². The lowest BCUT2D eigenvalue weighted by Gasteiger charge is -2.19. The van der Waals surface area contributed by atoms with E-state index in [1.807, 2.05) is 19.0 Å². The van der Waals surface area contributed by atoms with Gasteiger partial charge in [-0.2, -0.15) is 13.2 Å². The Balaban J connectivity index is 1.44. The molecular formula is C30H27F4N5O4. The highest BCUT2D eigenvalue weighted by Gasteiger charge is 2.36. The number of hydrogen-bond acceptors (Lipinski definition) is 7. The van der Waals surface area contributed by atoms with E-state index in [2.05, 4.69) is 14.9 Å². The Morgan fingerprint density at radius 2 is 1.79 bits per heavy atom. The van der Waals surface area contributed by atoms with Gasteiger partial charge in [0.1, 0.15) is 18.2 Å². The first-order valence-corrected chi connectivity index (χ1v) is 13.2. The molecule has 0 bridgehead atoms. The predicted molar refractivity (Wildman–Crippen MR) is 150 cm³/mol. The number of alkyl halides is 3. The number of carbonyl (C=O) groups excluding carboxylic acids is 2. The van der Waals surface area contributed by atoms with Crippen LogP contribution in [0.3, 0.4) is 0 Å². The van der Waals surface area contributed by atoms with E-state index in [-0.39, 0.29) is 29.9 Å². The molecule has 0 radical (unpaired) electrons. The van der Waals surface area contributed by atoms with Crippen molar-refractivity contribution in [1.82, 2.24) is 14.5 Å². The Hall–Kier alpha value is -4.78. The van der Waals surface area contributed by atoms with Crippen LogP contribution in [0.5, 0.6) is 0 Å². The summed E-state index contributed by atoms with van der Waals surface area (Å²) in [6.07, 6.45) is -4.54. The predicted octanol–water partition coefficient (Wildman–Crippen LogP) is 5.01. The largest absolute Gasteiger partial charge is 0.465 e. The van der Waals surface area contributed by atoms with Crippen molar-refractivity contribution in [2.45, 2.75) is 25.9 Å². The van der Waals surface area contributed by atoms with Gasteiger partial charge in [0.25, 0.3) is 5.91 Å². The Kier molecular flexibility index (Phi) is 8.18. The zero-order chi connectivity index (χ0) is 30.9. The number of imidazole rings is 1. The van der Waals surface area contributed by atoms with Crippen LogP contribution in [0.1, 0.15) is 32.9 Å². The summed E-state index contributed by atoms with van der Waals surface area (Å²) in [6.45, 7) is 0.831. The van der Waals surface area contributed by atoms with Crippen LogP contribution in [-0.4, -0.2) is 59.8 Å². The van der Waals surface area contributed by atoms with Gasteiger partial charge in [0.15, 0.2) is 5.71 Å². The van der Waals surface area contributed by atoms with Gasteiger partial charge in [0.2, 0.25) is 0 Å². The van der Waals surface area contributed by atoms with Gasteiger partial charge in [0.05, 0.1) is 41.5 Å². The lowest BCUT2D eigenvalue weighted by molar-refractivity contribution is -0.137. The molecule has 0 unspecified atom stereocenters. The number of benzene rings is 3. The lowest BCUT2D eigenvalue weighted by Crippen LogP contribution is -2.31. The number of anilines is 1. The molecule has 9 nitrogen and oxygen atoms in total. The number of nitrogens with zero attached hydrogens (tertiary/aromatic N) is 5. The minimum Gasteiger partial charge on any atom is -0.465 e. The smallest absolute Gasteiger partial charge is 0.416 e. The molecule has 1 amide bonds. The average Bonchev–Trinajstić information content (AvgIpc) is 3.44. The quantitative estimate of drug-likeness (QED) is 0.153. The number of carbonyl (C=O) groups is 2. The lowest BCUT2D eigenvalue weighted by atomic mass is 10.1. The normalized spacial score (nSPS) is 14.2. The number of fused-ring (bicyclic) bond motifs is 2. The number of esters is 1. The van der Waals surface area contributed by atoms with E-state index in [0.717, 1.165) is 12.1 Å². The third-order valence-electron chi connectivity index (χ3n) is 6.94. The summed E-state index contributed by atoms with van der Waals surface area (Å²) in [7, 11) is 5.01. The molecule has 0 saturated heterocycles. The second-order valence-electron chi connectivity index (χ2n) is 10.1. The SMILES string of the molecule is COC(=O)c1ccc(CON=C2C(=O)N(Cc3nc4cc(C(F)(F)F)ccc4n3CCN(C)C)c3ccc(F)cc32)cc1. The van der Waals surface area contributed by atoms with Crippen LogP contribution in [0.15, 0.2) is 65.8 Å². The maximum atomic E-state index is 14.3. The first-order valence-electron chi connectivity index (χ1n) is 13.2. The minimum atomic E-state index is -4.54. The van der Waals surface area contributed by atoms with Gasteiger partial charge in [0, 0.05) is 18.7 Å². The molecule has 4 aromatic rings. The molecule has 0 aliphatic carbocycles. The molecule has 0 saturated carbocycles. The van der Waals surface area contributed by atoms with Crippen LogP contribution >= 0.6 is 0 Å². The Labute approximate surface area is 243 Å². The first-order chi connectivity index (χ1) is 20.5. The Morgan fingerprint density at radius 3 is 2.47 bits per heavy atom. The van der Waals surface area contributed by atoms with Gasteiger partial charge in [-0.1, -0.05) is 17.3 Å². The number of oxime groups is 1. The summed E-state index contributed by atoms with van der Waals surface area (Å²) in [5.74, 6) is -1.30. The van der Waals surface area contributed by atoms with Gasteiger partial charge in [-0.05, 0) is 68.2 Å². The average molecular weight is 598 g/mol. The molecule has 13 heteroatoms. The molecule has 2 heterocycles. The molecule has 0 atom stereocenters. The monoisotopic (exact) mass is 597 g/mol. The summed E-state index contributed by atoms with van der Waals surface area (Å²) < 4.78 is 60.9. The molecule has 0 fully saturated rings. The molecule has 0 N–H and O–H groups in total. The molecule has 1 aromatic heterocycles. The van der Waals surface area contributed by atoms with Crippen molar-refractivity contribution in [3.05, 3.63) is 94.6 Å². The molecule has 43 heavy (non-hydrogen) atoms. The fraction of sp³-hybridized carbons (Fsp3) is 0.267. The molecule has 1 aliphatic heterocycles. The second kappa shape index (κ2) is 11.8. The number of likely N-dealkylation sites (N-methyl/N-ethyl adjacent to an activating group) is 1. The van der Waals surface area contributed by atoms with E-state index < -0.39 is 29.4 Å². The maximum absolute atomic E-state index is 14.3. The van der Waals surface area contributed by atoms with Crippen LogP contribution in [0.25, 0.3) is 11.0 Å². The number of hydrogen-bond donors (Lipinski definition) is 0. The Morgan fingerprint density at radius 1 is 1.05 bits per heavy atom. The van der Waals surface area contributed by atoms with Crippen LogP contribution in [0, 0.1) is 5.82 Å². The van der Waals surface area contributed by atoms with E-state index in [4.69, 9.17) is 4.84 Å². The third-order valence-corrected chi connectivity index (χ3v) is 6.94. The van der Waals surface area contributed by atoms with Crippen LogP contribution in [-0.2, 0) is 40.2 Å². The van der Waals surface area contributed by atoms with Gasteiger partial charge in [-0.25, -0.2) is 14.2 Å². The number of amides is 1. The summed E-state index contributed by atoms with van der Waals surface area (Å²) in [4.78, 5) is 38.4. The van der Waals surface area contributed by atoms with Gasteiger partial charge in [-0.15, -0.1) is 0 Å². The topological polar surface area (TPSA) is 89.3 Å². The highest BCUT2D eigenvalue weighted by atomic mass is 19.4. The third kappa shape index (κ3) is 6.21. The summed E-state index contributed by atoms with van der Waals surface area (Å²) >= 11 is 0. The van der Waals surface area contributed by atoms with Crippen molar-refractivity contribution in [3.63, 3.8) is 0 Å². The molecule has 5 rings (SSSR count). The molecule has 1 aliphatic rings. The highest BCUT2D eigenvalue weighted by Crippen LogP contribution is 2.34. The number of rotatable bonds is 9. The maximum Gasteiger partial charge on any atom is 0.416 e. The fourth-order valence-electron chi connectivity index (χ4n) is 4.72. The zero-order valence-corrected chi connectivity index (χ0v) is 23.5. The number of halogens is 4. The summed E-state index contributed by atoms with van der Waals surface area (Å²) in [5.41, 5.74) is 1.27. The minimum absolute atomic E-state index is 0.0370. The van der Waals surface area contributed by atoms with Crippen molar-refractivity contribution in [3.8, 4) is 0 Å². The molecule has 3 aromatic carbocycles. The van der Waals surface area contributed by atoms with Crippen LogP contribution < -0.4 is 4.90 Å². The standard InChI is InChI=1S/C30H27F4N5O4/c1-37(2)12-13-38-25-10-8-20(30(32,33)34)14-23(25)35-26(38)16-39-24-11-9-21(31)15-22(24)27(28(39)40)36-43-17-18-4-6-19(7-5-18)29(41)42-3/h4-11,14-15H,12-13,16-17H2,1-3H3. The van der Waals surface area contributed by atoms with Crippen LogP contribution in [0.2, 0.25) is 0 Å². The van der Waals surface area contributed by atoms with Crippen molar-refractivity contribution in [2.24, 2.45) is 5.16 Å². The van der Waals surface area contributed by atoms with Gasteiger partial charge >= 0.3 is 12.1 Å². The number of methoxy groups -OCH3 is 1. The van der Waals surface area contributed by atoms with E-state index in [9.17, 15) is 27.2 Å². The van der Waals surface area contributed by atoms with Crippen molar-refractivity contribution >= 4 is 34.3 Å². The highest BCUT2D eigenvalue weighted by molar-refractivity contribution is 6.54. The Bertz CT molecular complexity index is 1710. The van der Waals surface area contributed by atoms with Gasteiger partial charge in [-0.3, -0.25) is 9.69 Å². The second-order valence-corrected chi connectivity index (χ2v) is 10.1. The van der Waals surface area contributed by atoms with Crippen molar-refractivity contribution in [2.75, 3.05) is 32.6 Å². The van der Waals surface area contributed by atoms with Crippen molar-refractivity contribution < 1.29 is 36.7 Å².